The second-order valence-electron chi connectivity index (χ2n) is 5.42. The smallest absolute Gasteiger partial charge is 0.240 e. The highest BCUT2D eigenvalue weighted by Crippen LogP contribution is 2.51. The summed E-state index contributed by atoms with van der Waals surface area (Å²) < 4.78 is 39.6. The van der Waals surface area contributed by atoms with Crippen LogP contribution in [0.25, 0.3) is 0 Å². The third-order valence-electron chi connectivity index (χ3n) is 3.52. The number of sulfonamides is 1. The molecule has 1 aromatic rings. The van der Waals surface area contributed by atoms with Gasteiger partial charge < -0.3 is 5.73 Å². The molecule has 2 rings (SSSR count). The van der Waals surface area contributed by atoms with Gasteiger partial charge in [-0.15, -0.1) is 0 Å². The van der Waals surface area contributed by atoms with Crippen LogP contribution in [0.2, 0.25) is 0 Å². The summed E-state index contributed by atoms with van der Waals surface area (Å²) in [6, 6.07) is 3.50. The minimum Gasteiger partial charge on any atom is -0.396 e. The molecule has 0 heterocycles. The van der Waals surface area contributed by atoms with Gasteiger partial charge in [0.1, 0.15) is 5.82 Å². The number of nitrogens with two attached hydrogens (primary N) is 1. The first-order chi connectivity index (χ1) is 8.22. The van der Waals surface area contributed by atoms with Gasteiger partial charge in [0.05, 0.1) is 10.6 Å². The van der Waals surface area contributed by atoms with Gasteiger partial charge in [-0.1, -0.05) is 13.8 Å². The van der Waals surface area contributed by atoms with Crippen LogP contribution in [0.15, 0.2) is 23.1 Å². The van der Waals surface area contributed by atoms with Crippen molar-refractivity contribution in [3.05, 3.63) is 24.0 Å². The minimum absolute atomic E-state index is 0.0581. The summed E-state index contributed by atoms with van der Waals surface area (Å²) in [5.74, 6) is -0.365. The van der Waals surface area contributed by atoms with Crippen molar-refractivity contribution < 1.29 is 12.8 Å². The fourth-order valence-electron chi connectivity index (χ4n) is 1.89. The van der Waals surface area contributed by atoms with E-state index in [1.54, 1.807) is 0 Å². The Balaban J connectivity index is 2.08. The molecule has 0 amide bonds. The van der Waals surface area contributed by atoms with Crippen molar-refractivity contribution in [1.29, 1.82) is 0 Å². The summed E-state index contributed by atoms with van der Waals surface area (Å²) >= 11 is 0. The Morgan fingerprint density at radius 2 is 2.11 bits per heavy atom. The molecule has 3 N–H and O–H groups in total. The molecule has 1 fully saturated rings. The molecule has 1 aliphatic rings. The molecule has 1 atom stereocenters. The van der Waals surface area contributed by atoms with E-state index in [-0.39, 0.29) is 16.0 Å². The topological polar surface area (TPSA) is 72.2 Å². The first kappa shape index (κ1) is 13.3. The molecular formula is C12H17FN2O2S. The number of nitrogen functional groups attached to an aromatic ring is 1. The average Bonchev–Trinajstić information content (AvgIpc) is 2.88. The van der Waals surface area contributed by atoms with E-state index in [2.05, 4.69) is 18.6 Å². The maximum Gasteiger partial charge on any atom is 0.240 e. The third-order valence-corrected chi connectivity index (χ3v) is 4.94. The molecule has 6 heteroatoms. The molecule has 1 unspecified atom stereocenters. The Labute approximate surface area is 106 Å². The second-order valence-corrected chi connectivity index (χ2v) is 7.19. The number of benzene rings is 1. The summed E-state index contributed by atoms with van der Waals surface area (Å²) in [5.41, 5.74) is 5.45. The maximum atomic E-state index is 13.2. The van der Waals surface area contributed by atoms with Crippen molar-refractivity contribution in [2.45, 2.75) is 25.2 Å². The molecule has 0 aliphatic heterocycles. The van der Waals surface area contributed by atoms with Crippen LogP contribution >= 0.6 is 0 Å². The molecule has 1 aromatic carbocycles. The number of anilines is 1. The van der Waals surface area contributed by atoms with Gasteiger partial charge in [-0.05, 0) is 36.0 Å². The van der Waals surface area contributed by atoms with Crippen molar-refractivity contribution in [2.75, 3.05) is 12.3 Å². The van der Waals surface area contributed by atoms with Gasteiger partial charge in [0.2, 0.25) is 10.0 Å². The molecule has 4 nitrogen and oxygen atoms in total. The lowest BCUT2D eigenvalue weighted by molar-refractivity contribution is 0.537. The van der Waals surface area contributed by atoms with E-state index in [0.717, 1.165) is 12.5 Å². The van der Waals surface area contributed by atoms with Gasteiger partial charge in [-0.3, -0.25) is 0 Å². The molecule has 0 spiro atoms. The van der Waals surface area contributed by atoms with Crippen LogP contribution in [-0.4, -0.2) is 15.0 Å². The SMILES string of the molecule is CC1(C)CC1CNS(=O)(=O)c1ccc(N)c(F)c1. The number of nitrogens with one attached hydrogen (secondary N) is 1. The van der Waals surface area contributed by atoms with Gasteiger partial charge in [-0.25, -0.2) is 17.5 Å². The average molecular weight is 272 g/mol. The molecule has 1 aliphatic carbocycles. The van der Waals surface area contributed by atoms with Crippen LogP contribution in [0.1, 0.15) is 20.3 Å². The van der Waals surface area contributed by atoms with Crippen LogP contribution in [0.3, 0.4) is 0 Å². The first-order valence-electron chi connectivity index (χ1n) is 5.77. The van der Waals surface area contributed by atoms with Crippen molar-refractivity contribution in [2.24, 2.45) is 11.3 Å². The largest absolute Gasteiger partial charge is 0.396 e. The second kappa shape index (κ2) is 4.20. The van der Waals surface area contributed by atoms with Gasteiger partial charge in [-0.2, -0.15) is 0 Å². The van der Waals surface area contributed by atoms with Crippen molar-refractivity contribution in [3.63, 3.8) is 0 Å². The summed E-state index contributed by atoms with van der Waals surface area (Å²) in [4.78, 5) is -0.0901. The Bertz CT molecular complexity index is 569. The maximum absolute atomic E-state index is 13.2. The summed E-state index contributed by atoms with van der Waals surface area (Å²) in [6.07, 6.45) is 1.01. The quantitative estimate of drug-likeness (QED) is 0.820. The van der Waals surface area contributed by atoms with Gasteiger partial charge >= 0.3 is 0 Å². The third kappa shape index (κ3) is 2.64. The molecule has 0 aromatic heterocycles. The molecular weight excluding hydrogens is 255 g/mol. The first-order valence-corrected chi connectivity index (χ1v) is 7.25. The van der Waals surface area contributed by atoms with Crippen LogP contribution in [0.5, 0.6) is 0 Å². The molecule has 0 radical (unpaired) electrons. The van der Waals surface area contributed by atoms with Gasteiger partial charge in [0.25, 0.3) is 0 Å². The van der Waals surface area contributed by atoms with Crippen molar-refractivity contribution in [1.82, 2.24) is 4.72 Å². The standard InChI is InChI=1S/C12H17FN2O2S/c1-12(2)6-8(12)7-15-18(16,17)9-3-4-11(14)10(13)5-9/h3-5,8,15H,6-7,14H2,1-2H3. The number of hydrogen-bond donors (Lipinski definition) is 2. The highest BCUT2D eigenvalue weighted by molar-refractivity contribution is 7.89. The molecule has 100 valence electrons. The van der Waals surface area contributed by atoms with Crippen molar-refractivity contribution in [3.8, 4) is 0 Å². The van der Waals surface area contributed by atoms with E-state index < -0.39 is 15.8 Å². The lowest BCUT2D eigenvalue weighted by atomic mass is 10.1. The number of hydrogen-bond acceptors (Lipinski definition) is 3. The van der Waals surface area contributed by atoms with E-state index in [9.17, 15) is 12.8 Å². The molecule has 18 heavy (non-hydrogen) atoms. The summed E-state index contributed by atoms with van der Waals surface area (Å²) in [7, 11) is -3.65. The van der Waals surface area contributed by atoms with E-state index >= 15 is 0 Å². The Kier molecular flexibility index (Phi) is 3.11. The normalized spacial score (nSPS) is 21.8. The van der Waals surface area contributed by atoms with Crippen LogP contribution in [0.4, 0.5) is 10.1 Å². The lowest BCUT2D eigenvalue weighted by Gasteiger charge is -2.08. The number of halogens is 1. The monoisotopic (exact) mass is 272 g/mol. The van der Waals surface area contributed by atoms with Crippen molar-refractivity contribution >= 4 is 15.7 Å². The highest BCUT2D eigenvalue weighted by Gasteiger charge is 2.45. The van der Waals surface area contributed by atoms with E-state index in [4.69, 9.17) is 5.73 Å². The van der Waals surface area contributed by atoms with Crippen LogP contribution < -0.4 is 10.5 Å². The predicted octanol–water partition coefficient (Wildman–Crippen LogP) is 1.73. The fraction of sp³-hybridized carbons (Fsp3) is 0.500. The van der Waals surface area contributed by atoms with Gasteiger partial charge in [0, 0.05) is 6.54 Å². The highest BCUT2D eigenvalue weighted by atomic mass is 32.2. The zero-order chi connectivity index (χ0) is 13.6. The summed E-state index contributed by atoms with van der Waals surface area (Å²) in [6.45, 7) is 4.57. The predicted molar refractivity (Wildman–Crippen MR) is 67.9 cm³/mol. The molecule has 0 bridgehead atoms. The Morgan fingerprint density at radius 3 is 2.61 bits per heavy atom. The van der Waals surface area contributed by atoms with Crippen LogP contribution in [0, 0.1) is 17.2 Å². The Morgan fingerprint density at radius 1 is 1.50 bits per heavy atom. The van der Waals surface area contributed by atoms with Crippen LogP contribution in [-0.2, 0) is 10.0 Å². The summed E-state index contributed by atoms with van der Waals surface area (Å²) in [5, 5.41) is 0. The zero-order valence-corrected chi connectivity index (χ0v) is 11.2. The fourth-order valence-corrected chi connectivity index (χ4v) is 2.99. The van der Waals surface area contributed by atoms with Gasteiger partial charge in [0.15, 0.2) is 0 Å². The van der Waals surface area contributed by atoms with E-state index in [1.165, 1.54) is 12.1 Å². The molecule has 0 saturated heterocycles. The Hall–Kier alpha value is -1.14. The van der Waals surface area contributed by atoms with E-state index in [0.29, 0.717) is 12.5 Å². The zero-order valence-electron chi connectivity index (χ0n) is 10.4. The number of rotatable bonds is 4. The van der Waals surface area contributed by atoms with E-state index in [1.807, 2.05) is 0 Å². The minimum atomic E-state index is -3.65. The lowest BCUT2D eigenvalue weighted by Crippen LogP contribution is -2.27. The molecule has 1 saturated carbocycles.